The second-order valence-electron chi connectivity index (χ2n) is 7.22. The van der Waals surface area contributed by atoms with Crippen LogP contribution in [0.3, 0.4) is 0 Å². The number of fused-ring (bicyclic) bond motifs is 1. The highest BCUT2D eigenvalue weighted by Crippen LogP contribution is 2.18. The van der Waals surface area contributed by atoms with E-state index >= 15 is 0 Å². The molecule has 2 aromatic rings. The predicted octanol–water partition coefficient (Wildman–Crippen LogP) is 2.28. The van der Waals surface area contributed by atoms with Gasteiger partial charge in [-0.1, -0.05) is 18.2 Å². The molecule has 1 heterocycles. The summed E-state index contributed by atoms with van der Waals surface area (Å²) in [5, 5.41) is 4.03. The Morgan fingerprint density at radius 2 is 1.92 bits per heavy atom. The molecule has 0 aliphatic rings. The normalized spacial score (nSPS) is 12.7. The number of aromatic nitrogens is 1. The summed E-state index contributed by atoms with van der Waals surface area (Å²) in [6, 6.07) is 8.04. The molecule has 2 rings (SSSR count). The minimum absolute atomic E-state index is 0.141. The standard InChI is InChI=1S/C18H27N3O3S/c1-18(2,3)21(25(4,23)24)12-10-17(22)19-11-9-14-13-20-16-8-6-5-7-15(14)16/h5-8,13,20H,9-12H2,1-4H3,(H,19,22). The van der Waals surface area contributed by atoms with Gasteiger partial charge >= 0.3 is 0 Å². The fraction of sp³-hybridized carbons (Fsp3) is 0.500. The summed E-state index contributed by atoms with van der Waals surface area (Å²) in [4.78, 5) is 15.3. The molecule has 0 saturated carbocycles. The van der Waals surface area contributed by atoms with Gasteiger partial charge in [-0.25, -0.2) is 8.42 Å². The van der Waals surface area contributed by atoms with E-state index in [4.69, 9.17) is 0 Å². The van der Waals surface area contributed by atoms with Crippen LogP contribution in [-0.2, 0) is 21.2 Å². The van der Waals surface area contributed by atoms with Crippen molar-refractivity contribution in [1.82, 2.24) is 14.6 Å². The Bertz CT molecular complexity index is 835. The topological polar surface area (TPSA) is 82.3 Å². The van der Waals surface area contributed by atoms with Gasteiger partial charge in [0.2, 0.25) is 15.9 Å². The lowest BCUT2D eigenvalue weighted by molar-refractivity contribution is -0.121. The Kier molecular flexibility index (Phi) is 5.90. The third-order valence-corrected chi connectivity index (χ3v) is 5.61. The van der Waals surface area contributed by atoms with Gasteiger partial charge in [-0.15, -0.1) is 0 Å². The van der Waals surface area contributed by atoms with E-state index in [2.05, 4.69) is 16.4 Å². The lowest BCUT2D eigenvalue weighted by atomic mass is 10.1. The van der Waals surface area contributed by atoms with Gasteiger partial charge in [0.15, 0.2) is 0 Å². The number of carbonyl (C=O) groups is 1. The van der Waals surface area contributed by atoms with E-state index < -0.39 is 15.6 Å². The summed E-state index contributed by atoms with van der Waals surface area (Å²) in [5.41, 5.74) is 1.69. The van der Waals surface area contributed by atoms with Crippen molar-refractivity contribution in [1.29, 1.82) is 0 Å². The third kappa shape index (κ3) is 5.31. The highest BCUT2D eigenvalue weighted by molar-refractivity contribution is 7.88. The molecule has 0 spiro atoms. The molecule has 1 aromatic carbocycles. The lowest BCUT2D eigenvalue weighted by Gasteiger charge is -2.33. The molecule has 2 N–H and O–H groups in total. The molecular weight excluding hydrogens is 338 g/mol. The molecule has 0 saturated heterocycles. The van der Waals surface area contributed by atoms with E-state index in [0.717, 1.165) is 22.9 Å². The fourth-order valence-corrected chi connectivity index (χ4v) is 4.38. The quantitative estimate of drug-likeness (QED) is 0.790. The molecule has 0 fully saturated rings. The van der Waals surface area contributed by atoms with E-state index in [-0.39, 0.29) is 18.9 Å². The maximum atomic E-state index is 12.1. The van der Waals surface area contributed by atoms with Gasteiger partial charge in [-0.2, -0.15) is 4.31 Å². The number of carbonyl (C=O) groups excluding carboxylic acids is 1. The zero-order valence-corrected chi connectivity index (χ0v) is 16.1. The number of benzene rings is 1. The Morgan fingerprint density at radius 3 is 2.56 bits per heavy atom. The van der Waals surface area contributed by atoms with Crippen LogP contribution >= 0.6 is 0 Å². The van der Waals surface area contributed by atoms with Crippen LogP contribution in [0.2, 0.25) is 0 Å². The molecular formula is C18H27N3O3S. The summed E-state index contributed by atoms with van der Waals surface area (Å²) in [6.45, 7) is 6.17. The summed E-state index contributed by atoms with van der Waals surface area (Å²) in [6.07, 6.45) is 4.01. The van der Waals surface area contributed by atoms with Crippen LogP contribution in [0, 0.1) is 0 Å². The minimum atomic E-state index is -3.35. The van der Waals surface area contributed by atoms with Crippen LogP contribution in [0.25, 0.3) is 10.9 Å². The van der Waals surface area contributed by atoms with E-state index in [1.807, 2.05) is 45.2 Å². The molecule has 1 aromatic heterocycles. The van der Waals surface area contributed by atoms with Crippen molar-refractivity contribution in [3.05, 3.63) is 36.0 Å². The van der Waals surface area contributed by atoms with Crippen LogP contribution in [0.1, 0.15) is 32.8 Å². The van der Waals surface area contributed by atoms with Crippen molar-refractivity contribution in [2.75, 3.05) is 19.3 Å². The molecule has 0 bridgehead atoms. The largest absolute Gasteiger partial charge is 0.361 e. The minimum Gasteiger partial charge on any atom is -0.361 e. The Labute approximate surface area is 149 Å². The van der Waals surface area contributed by atoms with Crippen molar-refractivity contribution in [2.24, 2.45) is 0 Å². The first-order valence-electron chi connectivity index (χ1n) is 8.38. The van der Waals surface area contributed by atoms with Gasteiger partial charge in [0.1, 0.15) is 0 Å². The molecule has 138 valence electrons. The van der Waals surface area contributed by atoms with Gasteiger partial charge in [-0.3, -0.25) is 4.79 Å². The Balaban J connectivity index is 1.84. The first-order valence-corrected chi connectivity index (χ1v) is 10.2. The number of amides is 1. The van der Waals surface area contributed by atoms with Crippen LogP contribution in [0.4, 0.5) is 0 Å². The molecule has 0 radical (unpaired) electrons. The molecule has 6 nitrogen and oxygen atoms in total. The first kappa shape index (κ1) is 19.5. The average molecular weight is 365 g/mol. The summed E-state index contributed by atoms with van der Waals surface area (Å²) in [7, 11) is -3.35. The zero-order chi connectivity index (χ0) is 18.7. The molecule has 7 heteroatoms. The van der Waals surface area contributed by atoms with E-state index in [0.29, 0.717) is 6.54 Å². The van der Waals surface area contributed by atoms with Crippen molar-refractivity contribution < 1.29 is 13.2 Å². The van der Waals surface area contributed by atoms with E-state index in [9.17, 15) is 13.2 Å². The lowest BCUT2D eigenvalue weighted by Crippen LogP contribution is -2.46. The number of para-hydroxylation sites is 1. The van der Waals surface area contributed by atoms with Gasteiger partial charge in [0.25, 0.3) is 0 Å². The second-order valence-corrected chi connectivity index (χ2v) is 9.12. The number of nitrogens with zero attached hydrogens (tertiary/aromatic N) is 1. The molecule has 0 unspecified atom stereocenters. The second kappa shape index (κ2) is 7.58. The summed E-state index contributed by atoms with van der Waals surface area (Å²) < 4.78 is 25.1. The number of nitrogens with one attached hydrogen (secondary N) is 2. The highest BCUT2D eigenvalue weighted by Gasteiger charge is 2.29. The molecule has 0 aliphatic carbocycles. The number of sulfonamides is 1. The summed E-state index contributed by atoms with van der Waals surface area (Å²) in [5.74, 6) is -0.141. The van der Waals surface area contributed by atoms with Gasteiger partial charge in [0, 0.05) is 42.1 Å². The third-order valence-electron chi connectivity index (χ3n) is 4.08. The fourth-order valence-electron chi connectivity index (χ4n) is 2.97. The first-order chi connectivity index (χ1) is 11.6. The van der Waals surface area contributed by atoms with Gasteiger partial charge < -0.3 is 10.3 Å². The van der Waals surface area contributed by atoms with Crippen molar-refractivity contribution in [2.45, 2.75) is 39.2 Å². The van der Waals surface area contributed by atoms with Crippen LogP contribution in [-0.4, -0.2) is 48.5 Å². The maximum Gasteiger partial charge on any atom is 0.221 e. The number of H-pyrrole nitrogens is 1. The summed E-state index contributed by atoms with van der Waals surface area (Å²) >= 11 is 0. The SMILES string of the molecule is CC(C)(C)N(CCC(=O)NCCc1c[nH]c2ccccc12)S(C)(=O)=O. The average Bonchev–Trinajstić information content (AvgIpc) is 2.88. The monoisotopic (exact) mass is 365 g/mol. The predicted molar refractivity (Wildman–Crippen MR) is 101 cm³/mol. The molecule has 0 aliphatic heterocycles. The van der Waals surface area contributed by atoms with Gasteiger partial charge in [0.05, 0.1) is 6.26 Å². The number of rotatable bonds is 7. The Morgan fingerprint density at radius 1 is 1.24 bits per heavy atom. The van der Waals surface area contributed by atoms with Crippen molar-refractivity contribution in [3.63, 3.8) is 0 Å². The highest BCUT2D eigenvalue weighted by atomic mass is 32.2. The molecule has 1 amide bonds. The van der Waals surface area contributed by atoms with Crippen LogP contribution in [0.5, 0.6) is 0 Å². The molecule has 0 atom stereocenters. The Hall–Kier alpha value is -1.86. The van der Waals surface area contributed by atoms with Crippen LogP contribution < -0.4 is 5.32 Å². The van der Waals surface area contributed by atoms with Crippen molar-refractivity contribution in [3.8, 4) is 0 Å². The van der Waals surface area contributed by atoms with Crippen LogP contribution in [0.15, 0.2) is 30.5 Å². The maximum absolute atomic E-state index is 12.1. The smallest absolute Gasteiger partial charge is 0.221 e. The number of aromatic amines is 1. The number of hydrogen-bond acceptors (Lipinski definition) is 3. The number of hydrogen-bond donors (Lipinski definition) is 2. The zero-order valence-electron chi connectivity index (χ0n) is 15.3. The molecule has 25 heavy (non-hydrogen) atoms. The van der Waals surface area contributed by atoms with Crippen molar-refractivity contribution >= 4 is 26.8 Å². The van der Waals surface area contributed by atoms with Gasteiger partial charge in [-0.05, 0) is 38.8 Å². The van der Waals surface area contributed by atoms with E-state index in [1.165, 1.54) is 10.6 Å². The van der Waals surface area contributed by atoms with E-state index in [1.54, 1.807) is 0 Å².